The van der Waals surface area contributed by atoms with Crippen LogP contribution >= 0.6 is 11.3 Å². The average Bonchev–Trinajstić information content (AvgIpc) is 2.52. The van der Waals surface area contributed by atoms with E-state index >= 15 is 0 Å². The molecule has 13 heavy (non-hydrogen) atoms. The van der Waals surface area contributed by atoms with Gasteiger partial charge in [0.15, 0.2) is 0 Å². The third-order valence-corrected chi connectivity index (χ3v) is 4.43. The third kappa shape index (κ3) is 2.50. The summed E-state index contributed by atoms with van der Waals surface area (Å²) in [4.78, 5) is 7.37. The highest BCUT2D eigenvalue weighted by Crippen LogP contribution is 2.21. The molecule has 0 aliphatic heterocycles. The molecule has 1 rings (SSSR count). The maximum Gasteiger partial charge on any atom is 0.271 e. The number of aryl methyl sites for hydroxylation is 1. The Bertz CT molecular complexity index is 369. The van der Waals surface area contributed by atoms with Crippen molar-refractivity contribution in [2.24, 2.45) is 0 Å². The Morgan fingerprint density at radius 1 is 1.54 bits per heavy atom. The Balaban J connectivity index is 2.94. The number of sulfonamides is 1. The van der Waals surface area contributed by atoms with Gasteiger partial charge >= 0.3 is 0 Å². The molecular formula is C7H11NO3S2. The van der Waals surface area contributed by atoms with E-state index < -0.39 is 10.0 Å². The molecule has 1 aromatic heterocycles. The van der Waals surface area contributed by atoms with Gasteiger partial charge in [-0.2, -0.15) is 0 Å². The molecule has 1 N–H and O–H groups in total. The van der Waals surface area contributed by atoms with Crippen molar-refractivity contribution in [3.63, 3.8) is 0 Å². The lowest BCUT2D eigenvalue weighted by Crippen LogP contribution is -2.21. The van der Waals surface area contributed by atoms with Crippen LogP contribution in [0, 0.1) is 0 Å². The monoisotopic (exact) mass is 221 g/mol. The molecule has 0 unspecified atom stereocenters. The van der Waals surface area contributed by atoms with Crippen molar-refractivity contribution in [3.8, 4) is 0 Å². The first-order valence-corrected chi connectivity index (χ1v) is 6.03. The molecule has 0 amide bonds. The first-order valence-electron chi connectivity index (χ1n) is 3.73. The molecule has 1 aromatic rings. The fourth-order valence-electron chi connectivity index (χ4n) is 0.843. The highest BCUT2D eigenvalue weighted by atomic mass is 32.2. The van der Waals surface area contributed by atoms with Gasteiger partial charge in [-0.05, 0) is 18.6 Å². The summed E-state index contributed by atoms with van der Waals surface area (Å²) < 4.78 is 23.0. The van der Waals surface area contributed by atoms with Crippen LogP contribution in [-0.2, 0) is 21.3 Å². The Morgan fingerprint density at radius 2 is 2.23 bits per heavy atom. The highest BCUT2D eigenvalue weighted by molar-refractivity contribution is 7.91. The SMILES string of the molecule is CCc1ccc(S(=O)(=O)NOC)s1. The van der Waals surface area contributed by atoms with E-state index in [0.29, 0.717) is 0 Å². The van der Waals surface area contributed by atoms with Gasteiger partial charge in [0.05, 0.1) is 7.11 Å². The van der Waals surface area contributed by atoms with Gasteiger partial charge in [-0.1, -0.05) is 11.8 Å². The molecule has 74 valence electrons. The van der Waals surface area contributed by atoms with Gasteiger partial charge in [0, 0.05) is 4.88 Å². The van der Waals surface area contributed by atoms with Crippen LogP contribution in [0.25, 0.3) is 0 Å². The van der Waals surface area contributed by atoms with Crippen LogP contribution < -0.4 is 4.89 Å². The predicted molar refractivity (Wildman–Crippen MR) is 51.0 cm³/mol. The van der Waals surface area contributed by atoms with Gasteiger partial charge in [-0.3, -0.25) is 4.84 Å². The molecule has 0 saturated heterocycles. The van der Waals surface area contributed by atoms with Crippen molar-refractivity contribution in [1.82, 2.24) is 4.89 Å². The van der Waals surface area contributed by atoms with Crippen LogP contribution in [0.3, 0.4) is 0 Å². The van der Waals surface area contributed by atoms with Gasteiger partial charge in [0.1, 0.15) is 4.21 Å². The van der Waals surface area contributed by atoms with Crippen molar-refractivity contribution in [3.05, 3.63) is 17.0 Å². The highest BCUT2D eigenvalue weighted by Gasteiger charge is 2.15. The minimum absolute atomic E-state index is 0.284. The summed E-state index contributed by atoms with van der Waals surface area (Å²) >= 11 is 1.25. The van der Waals surface area contributed by atoms with Gasteiger partial charge in [0.25, 0.3) is 10.0 Å². The van der Waals surface area contributed by atoms with Gasteiger partial charge in [-0.25, -0.2) is 8.42 Å². The van der Waals surface area contributed by atoms with Crippen molar-refractivity contribution in [1.29, 1.82) is 0 Å². The first kappa shape index (κ1) is 10.6. The Morgan fingerprint density at radius 3 is 2.69 bits per heavy atom. The molecule has 0 bridgehead atoms. The zero-order valence-electron chi connectivity index (χ0n) is 7.40. The number of rotatable bonds is 4. The Hall–Kier alpha value is -0.430. The van der Waals surface area contributed by atoms with Gasteiger partial charge in [-0.15, -0.1) is 11.3 Å². The summed E-state index contributed by atoms with van der Waals surface area (Å²) in [6.45, 7) is 1.98. The van der Waals surface area contributed by atoms with E-state index in [-0.39, 0.29) is 4.21 Å². The van der Waals surface area contributed by atoms with E-state index in [2.05, 4.69) is 4.84 Å². The van der Waals surface area contributed by atoms with E-state index in [1.807, 2.05) is 11.8 Å². The first-order chi connectivity index (χ1) is 6.10. The molecule has 0 radical (unpaired) electrons. The fourth-order valence-corrected chi connectivity index (χ4v) is 2.93. The lowest BCUT2D eigenvalue weighted by molar-refractivity contribution is 0.153. The molecule has 0 aliphatic rings. The van der Waals surface area contributed by atoms with Crippen LogP contribution in [0.5, 0.6) is 0 Å². The molecule has 0 aromatic carbocycles. The lowest BCUT2D eigenvalue weighted by atomic mass is 10.4. The fraction of sp³-hybridized carbons (Fsp3) is 0.429. The van der Waals surface area contributed by atoms with Crippen LogP contribution in [0.4, 0.5) is 0 Å². The molecule has 4 nitrogen and oxygen atoms in total. The molecule has 0 saturated carbocycles. The Labute approximate surface area is 81.5 Å². The normalized spacial score (nSPS) is 11.8. The third-order valence-electron chi connectivity index (χ3n) is 1.44. The molecule has 6 heteroatoms. The second kappa shape index (κ2) is 4.19. The maximum atomic E-state index is 11.3. The molecule has 0 fully saturated rings. The second-order valence-corrected chi connectivity index (χ2v) is 5.41. The van der Waals surface area contributed by atoms with E-state index in [0.717, 1.165) is 11.3 Å². The standard InChI is InChI=1S/C7H11NO3S2/c1-3-6-4-5-7(12-6)13(9,10)8-11-2/h4-5,8H,3H2,1-2H3. The van der Waals surface area contributed by atoms with E-state index in [1.54, 1.807) is 12.1 Å². The molecule has 1 heterocycles. The summed E-state index contributed by atoms with van der Waals surface area (Å²) in [5, 5.41) is 0. The summed E-state index contributed by atoms with van der Waals surface area (Å²) in [5.41, 5.74) is 0. The maximum absolute atomic E-state index is 11.3. The Kier molecular flexibility index (Phi) is 3.43. The van der Waals surface area contributed by atoms with E-state index in [1.165, 1.54) is 18.4 Å². The topological polar surface area (TPSA) is 55.4 Å². The van der Waals surface area contributed by atoms with Gasteiger partial charge in [0.2, 0.25) is 0 Å². The van der Waals surface area contributed by atoms with E-state index in [9.17, 15) is 8.42 Å². The number of nitrogens with one attached hydrogen (secondary N) is 1. The zero-order valence-corrected chi connectivity index (χ0v) is 9.04. The van der Waals surface area contributed by atoms with Crippen molar-refractivity contribution in [2.45, 2.75) is 17.6 Å². The van der Waals surface area contributed by atoms with Gasteiger partial charge < -0.3 is 0 Å². The van der Waals surface area contributed by atoms with E-state index in [4.69, 9.17) is 0 Å². The minimum atomic E-state index is -3.45. The summed E-state index contributed by atoms with van der Waals surface area (Å²) in [5.74, 6) is 0. The minimum Gasteiger partial charge on any atom is -0.290 e. The summed E-state index contributed by atoms with van der Waals surface area (Å²) in [6.07, 6.45) is 0.840. The second-order valence-electron chi connectivity index (χ2n) is 2.37. The van der Waals surface area contributed by atoms with Crippen LogP contribution in [0.1, 0.15) is 11.8 Å². The molecular weight excluding hydrogens is 210 g/mol. The molecule has 0 spiro atoms. The quantitative estimate of drug-likeness (QED) is 0.776. The van der Waals surface area contributed by atoms with Crippen molar-refractivity contribution in [2.75, 3.05) is 7.11 Å². The number of thiophene rings is 1. The van der Waals surface area contributed by atoms with Crippen molar-refractivity contribution >= 4 is 21.4 Å². The van der Waals surface area contributed by atoms with Crippen molar-refractivity contribution < 1.29 is 13.3 Å². The smallest absolute Gasteiger partial charge is 0.271 e. The molecule has 0 atom stereocenters. The molecule has 0 aliphatic carbocycles. The summed E-state index contributed by atoms with van der Waals surface area (Å²) in [7, 11) is -2.18. The zero-order chi connectivity index (χ0) is 9.90. The number of hydrogen-bond donors (Lipinski definition) is 1. The predicted octanol–water partition coefficient (Wildman–Crippen LogP) is 1.15. The summed E-state index contributed by atoms with van der Waals surface area (Å²) in [6, 6.07) is 3.37. The van der Waals surface area contributed by atoms with Crippen LogP contribution in [0.2, 0.25) is 0 Å². The number of hydrogen-bond acceptors (Lipinski definition) is 4. The average molecular weight is 221 g/mol. The lowest BCUT2D eigenvalue weighted by Gasteiger charge is -1.99. The van der Waals surface area contributed by atoms with Crippen LogP contribution in [-0.4, -0.2) is 15.5 Å². The van der Waals surface area contributed by atoms with Crippen LogP contribution in [0.15, 0.2) is 16.3 Å². The largest absolute Gasteiger partial charge is 0.290 e.